The van der Waals surface area contributed by atoms with E-state index in [4.69, 9.17) is 0 Å². The quantitative estimate of drug-likeness (QED) is 0.428. The van der Waals surface area contributed by atoms with Gasteiger partial charge >= 0.3 is 0 Å². The Labute approximate surface area is 213 Å². The zero-order valence-electron chi connectivity index (χ0n) is 19.4. The molecule has 0 atom stereocenters. The van der Waals surface area contributed by atoms with Crippen LogP contribution in [0.3, 0.4) is 0 Å². The van der Waals surface area contributed by atoms with Gasteiger partial charge in [0.05, 0.1) is 0 Å². The summed E-state index contributed by atoms with van der Waals surface area (Å²) in [6, 6.07) is 9.18. The first kappa shape index (κ1) is 27.8. The lowest BCUT2D eigenvalue weighted by Gasteiger charge is -2.30. The Morgan fingerprint density at radius 1 is 1.00 bits per heavy atom. The largest absolute Gasteiger partial charge is 0.343 e. The number of hydrogen-bond acceptors (Lipinski definition) is 3. The molecule has 1 aromatic carbocycles. The summed E-state index contributed by atoms with van der Waals surface area (Å²) < 4.78 is 13.5. The fraction of sp³-hybridized carbons (Fsp3) is 0.500. The van der Waals surface area contributed by atoms with Crippen LogP contribution in [-0.2, 0) is 4.79 Å². The third-order valence-corrected chi connectivity index (χ3v) is 7.56. The molecule has 2 saturated heterocycles. The van der Waals surface area contributed by atoms with Crippen molar-refractivity contribution in [2.24, 2.45) is 0 Å². The van der Waals surface area contributed by atoms with Crippen LogP contribution in [-0.4, -0.2) is 48.4 Å². The summed E-state index contributed by atoms with van der Waals surface area (Å²) in [5.74, 6) is 0.147. The van der Waals surface area contributed by atoms with Crippen molar-refractivity contribution in [2.75, 3.05) is 32.7 Å². The van der Waals surface area contributed by atoms with Crippen LogP contribution in [0.15, 0.2) is 41.3 Å². The molecule has 33 heavy (non-hydrogen) atoms. The van der Waals surface area contributed by atoms with Gasteiger partial charge in [0.25, 0.3) is 0 Å². The van der Waals surface area contributed by atoms with Crippen molar-refractivity contribution in [1.29, 1.82) is 0 Å². The van der Waals surface area contributed by atoms with Crippen LogP contribution in [0, 0.1) is 12.7 Å². The van der Waals surface area contributed by atoms with Crippen LogP contribution in [0.1, 0.15) is 60.9 Å². The van der Waals surface area contributed by atoms with Gasteiger partial charge in [0, 0.05) is 37.5 Å². The number of rotatable bonds is 6. The molecule has 3 nitrogen and oxygen atoms in total. The minimum absolute atomic E-state index is 0. The number of thiophene rings is 1. The van der Waals surface area contributed by atoms with Crippen LogP contribution in [0.5, 0.6) is 0 Å². The van der Waals surface area contributed by atoms with Crippen LogP contribution in [0.4, 0.5) is 4.39 Å². The number of likely N-dealkylation sites (tertiary alicyclic amines) is 2. The third-order valence-electron chi connectivity index (χ3n) is 6.50. The lowest BCUT2D eigenvalue weighted by molar-refractivity contribution is -0.132. The third kappa shape index (κ3) is 7.54. The number of nitrogens with zero attached hydrogens (tertiary/aromatic N) is 2. The van der Waals surface area contributed by atoms with Gasteiger partial charge in [-0.25, -0.2) is 4.39 Å². The maximum Gasteiger partial charge on any atom is 0.222 e. The molecule has 0 N–H and O–H groups in total. The minimum atomic E-state index is -0.190. The number of amides is 1. The number of carbonyl (C=O) groups excluding carboxylic acids is 1. The maximum atomic E-state index is 13.5. The normalized spacial score (nSPS) is 16.7. The van der Waals surface area contributed by atoms with E-state index in [1.807, 2.05) is 12.1 Å². The summed E-state index contributed by atoms with van der Waals surface area (Å²) in [4.78, 5) is 18.2. The van der Waals surface area contributed by atoms with Gasteiger partial charge in [-0.1, -0.05) is 17.7 Å². The standard InChI is InChI=1S/C26H33FN2OS.2ClH/c1-20-18-24(31-19-20)26(21-7-9-23(27)10-8-21)22-11-16-28(17-12-22)13-5-6-25(30)29-14-3-2-4-15-29;;/h7-10,18-19H,2-6,11-17H2,1H3;2*1H. The minimum Gasteiger partial charge on any atom is -0.343 e. The lowest BCUT2D eigenvalue weighted by atomic mass is 9.91. The lowest BCUT2D eigenvalue weighted by Crippen LogP contribution is -2.36. The molecule has 2 aromatic rings. The van der Waals surface area contributed by atoms with Crippen molar-refractivity contribution < 1.29 is 9.18 Å². The average molecular weight is 514 g/mol. The molecule has 2 fully saturated rings. The molecule has 0 aliphatic carbocycles. The van der Waals surface area contributed by atoms with Crippen molar-refractivity contribution >= 4 is 47.6 Å². The highest BCUT2D eigenvalue weighted by atomic mass is 35.5. The molecule has 1 aromatic heterocycles. The first-order valence-corrected chi connectivity index (χ1v) is 12.5. The Hall–Kier alpha value is -1.40. The SMILES string of the molecule is Cc1csc(C(=C2CCN(CCCC(=O)N3CCCCC3)CC2)c2ccc(F)cc2)c1.Cl.Cl. The van der Waals surface area contributed by atoms with Crippen LogP contribution < -0.4 is 0 Å². The predicted octanol–water partition coefficient (Wildman–Crippen LogP) is 6.73. The van der Waals surface area contributed by atoms with Crippen molar-refractivity contribution in [3.8, 4) is 0 Å². The summed E-state index contributed by atoms with van der Waals surface area (Å²) in [6.07, 6.45) is 7.27. The van der Waals surface area contributed by atoms with Crippen molar-refractivity contribution in [3.63, 3.8) is 0 Å². The second kappa shape index (κ2) is 13.5. The van der Waals surface area contributed by atoms with Gasteiger partial charge in [-0.15, -0.1) is 36.2 Å². The van der Waals surface area contributed by atoms with Gasteiger partial charge in [-0.3, -0.25) is 4.79 Å². The molecular formula is C26H35Cl2FN2OS. The second-order valence-electron chi connectivity index (χ2n) is 8.86. The first-order valence-electron chi connectivity index (χ1n) is 11.6. The van der Waals surface area contributed by atoms with E-state index in [2.05, 4.69) is 28.2 Å². The van der Waals surface area contributed by atoms with Gasteiger partial charge in [-0.2, -0.15) is 0 Å². The average Bonchev–Trinajstić information content (AvgIpc) is 3.22. The molecule has 0 spiro atoms. The molecule has 0 unspecified atom stereocenters. The summed E-state index contributed by atoms with van der Waals surface area (Å²) in [5.41, 5.74) is 5.14. The summed E-state index contributed by atoms with van der Waals surface area (Å²) in [6.45, 7) is 7.08. The van der Waals surface area contributed by atoms with E-state index in [1.54, 1.807) is 23.5 Å². The van der Waals surface area contributed by atoms with Crippen molar-refractivity contribution in [3.05, 3.63) is 63.1 Å². The Morgan fingerprint density at radius 2 is 1.67 bits per heavy atom. The summed E-state index contributed by atoms with van der Waals surface area (Å²) >= 11 is 1.77. The number of aryl methyl sites for hydroxylation is 1. The maximum absolute atomic E-state index is 13.5. The van der Waals surface area contributed by atoms with E-state index < -0.39 is 0 Å². The smallest absolute Gasteiger partial charge is 0.222 e. The second-order valence-corrected chi connectivity index (χ2v) is 9.77. The monoisotopic (exact) mass is 512 g/mol. The molecule has 7 heteroatoms. The first-order chi connectivity index (χ1) is 15.1. The molecule has 2 aliphatic heterocycles. The number of piperidine rings is 2. The molecule has 4 rings (SSSR count). The van der Waals surface area contributed by atoms with E-state index in [0.717, 1.165) is 70.4 Å². The van der Waals surface area contributed by atoms with Crippen LogP contribution in [0.2, 0.25) is 0 Å². The van der Waals surface area contributed by atoms with E-state index in [0.29, 0.717) is 12.3 Å². The molecule has 0 radical (unpaired) electrons. The van der Waals surface area contributed by atoms with Crippen molar-refractivity contribution in [1.82, 2.24) is 9.80 Å². The molecule has 2 aliphatic rings. The van der Waals surface area contributed by atoms with Gasteiger partial charge < -0.3 is 9.80 Å². The Balaban J connectivity index is 0.00000193. The molecule has 1 amide bonds. The molecule has 182 valence electrons. The Morgan fingerprint density at radius 3 is 2.27 bits per heavy atom. The van der Waals surface area contributed by atoms with Crippen LogP contribution >= 0.6 is 36.2 Å². The van der Waals surface area contributed by atoms with E-state index in [9.17, 15) is 9.18 Å². The van der Waals surface area contributed by atoms with Crippen LogP contribution in [0.25, 0.3) is 5.57 Å². The fourth-order valence-corrected chi connectivity index (χ4v) is 5.77. The molecule has 0 bridgehead atoms. The molecular weight excluding hydrogens is 478 g/mol. The predicted molar refractivity (Wildman–Crippen MR) is 141 cm³/mol. The topological polar surface area (TPSA) is 23.6 Å². The Kier molecular flexibility index (Phi) is 11.4. The number of benzene rings is 1. The highest BCUT2D eigenvalue weighted by Crippen LogP contribution is 2.35. The van der Waals surface area contributed by atoms with E-state index >= 15 is 0 Å². The van der Waals surface area contributed by atoms with Gasteiger partial charge in [0.1, 0.15) is 5.82 Å². The highest BCUT2D eigenvalue weighted by Gasteiger charge is 2.21. The van der Waals surface area contributed by atoms with Gasteiger partial charge in [0.2, 0.25) is 5.91 Å². The zero-order valence-corrected chi connectivity index (χ0v) is 21.8. The number of hydrogen-bond donors (Lipinski definition) is 0. The Bertz CT molecular complexity index is 913. The van der Waals surface area contributed by atoms with Gasteiger partial charge in [-0.05, 0) is 92.3 Å². The molecule has 0 saturated carbocycles. The summed E-state index contributed by atoms with van der Waals surface area (Å²) in [7, 11) is 0. The number of halogens is 3. The van der Waals surface area contributed by atoms with E-state index in [-0.39, 0.29) is 30.6 Å². The summed E-state index contributed by atoms with van der Waals surface area (Å²) in [5, 5.41) is 2.19. The fourth-order valence-electron chi connectivity index (χ4n) is 4.75. The number of carbonyl (C=O) groups is 1. The van der Waals surface area contributed by atoms with Crippen molar-refractivity contribution in [2.45, 2.75) is 51.9 Å². The van der Waals surface area contributed by atoms with Gasteiger partial charge in [0.15, 0.2) is 0 Å². The van der Waals surface area contributed by atoms with E-state index in [1.165, 1.54) is 28.0 Å². The molecule has 3 heterocycles. The highest BCUT2D eigenvalue weighted by molar-refractivity contribution is 7.11. The zero-order chi connectivity index (χ0) is 21.6.